The number of amides is 2. The first-order chi connectivity index (χ1) is 20.7. The Morgan fingerprint density at radius 1 is 1.02 bits per heavy atom. The number of aryl methyl sites for hydroxylation is 2. The number of carbonyl (C=O) groups is 2. The van der Waals surface area contributed by atoms with Crippen molar-refractivity contribution in [1.29, 1.82) is 0 Å². The minimum atomic E-state index is -3.82. The first-order valence-corrected chi connectivity index (χ1v) is 16.2. The van der Waals surface area contributed by atoms with Gasteiger partial charge in [-0.05, 0) is 112 Å². The molecule has 12 heteroatoms. The highest BCUT2D eigenvalue weighted by Gasteiger charge is 2.47. The van der Waals surface area contributed by atoms with Crippen molar-refractivity contribution in [2.45, 2.75) is 64.5 Å². The smallest absolute Gasteiger partial charge is 0.253 e. The number of carbonyl (C=O) groups excluding carboxylic acids is 2. The predicted octanol–water partition coefficient (Wildman–Crippen LogP) is 3.71. The van der Waals surface area contributed by atoms with Gasteiger partial charge in [0.2, 0.25) is 10.0 Å². The van der Waals surface area contributed by atoms with Gasteiger partial charge in [0.25, 0.3) is 11.8 Å². The number of nitrogens with zero attached hydrogens (tertiary/aromatic N) is 3. The van der Waals surface area contributed by atoms with Crippen LogP contribution in [-0.4, -0.2) is 84.4 Å². The van der Waals surface area contributed by atoms with E-state index in [9.17, 15) is 31.9 Å². The van der Waals surface area contributed by atoms with Crippen molar-refractivity contribution in [2.75, 3.05) is 32.9 Å². The number of aliphatic imine (C=N–C) groups is 1. The topological polar surface area (TPSA) is 119 Å². The molecule has 3 aliphatic heterocycles. The molecular weight excluding hydrogens is 590 g/mol. The normalized spacial score (nSPS) is 20.3. The fraction of sp³-hybridized carbons (Fsp3) is 0.469. The van der Waals surface area contributed by atoms with Gasteiger partial charge < -0.3 is 15.3 Å². The van der Waals surface area contributed by atoms with E-state index in [-0.39, 0.29) is 69.5 Å². The minimum absolute atomic E-state index is 0.108. The molecule has 0 radical (unpaired) electrons. The molecule has 2 aromatic carbocycles. The number of nitrogens with one attached hydrogen (secondary N) is 1. The van der Waals surface area contributed by atoms with Crippen molar-refractivity contribution in [3.05, 3.63) is 74.4 Å². The number of aliphatic hydroxyl groups is 1. The Kier molecular flexibility index (Phi) is 8.56. The fourth-order valence-corrected chi connectivity index (χ4v) is 7.35. The molecule has 3 heterocycles. The fourth-order valence-electron chi connectivity index (χ4n) is 6.18. The molecule has 2 aromatic rings. The Bertz CT molecular complexity index is 1650. The molecule has 2 fully saturated rings. The average molecular weight is 629 g/mol. The van der Waals surface area contributed by atoms with Gasteiger partial charge in [-0.3, -0.25) is 14.6 Å². The number of hydrogen-bond donors (Lipinski definition) is 2. The van der Waals surface area contributed by atoms with Crippen molar-refractivity contribution in [3.63, 3.8) is 0 Å². The monoisotopic (exact) mass is 628 g/mol. The Morgan fingerprint density at radius 3 is 2.23 bits per heavy atom. The van der Waals surface area contributed by atoms with Crippen LogP contribution in [0.5, 0.6) is 0 Å². The SMILES string of the molecule is Cc1cc(C(=O)N2CCC(O)(CF)CC2)cc(C)c1/C=C/S(=O)(=O)N1CCC2(CC1)N=C(c1ccc(F)c(C)c1C)NC2=O. The van der Waals surface area contributed by atoms with Gasteiger partial charge in [0.1, 0.15) is 23.9 Å². The lowest BCUT2D eigenvalue weighted by Crippen LogP contribution is -2.50. The number of rotatable bonds is 6. The lowest BCUT2D eigenvalue weighted by Gasteiger charge is -2.36. The highest BCUT2D eigenvalue weighted by Crippen LogP contribution is 2.33. The summed E-state index contributed by atoms with van der Waals surface area (Å²) in [5.74, 6) is -0.458. The van der Waals surface area contributed by atoms with Crippen molar-refractivity contribution >= 4 is 33.7 Å². The summed E-state index contributed by atoms with van der Waals surface area (Å²) < 4.78 is 55.0. The molecule has 5 rings (SSSR count). The van der Waals surface area contributed by atoms with Crippen LogP contribution in [0.25, 0.3) is 6.08 Å². The number of alkyl halides is 1. The maximum atomic E-state index is 14.0. The van der Waals surface area contributed by atoms with Crippen LogP contribution in [0.3, 0.4) is 0 Å². The van der Waals surface area contributed by atoms with Crippen LogP contribution in [0.4, 0.5) is 8.78 Å². The minimum Gasteiger partial charge on any atom is -0.387 e. The Balaban J connectivity index is 1.26. The van der Waals surface area contributed by atoms with E-state index in [2.05, 4.69) is 5.32 Å². The third kappa shape index (κ3) is 5.94. The van der Waals surface area contributed by atoms with Crippen LogP contribution >= 0.6 is 0 Å². The molecule has 236 valence electrons. The summed E-state index contributed by atoms with van der Waals surface area (Å²) in [4.78, 5) is 32.4. The van der Waals surface area contributed by atoms with Crippen LogP contribution < -0.4 is 5.32 Å². The summed E-state index contributed by atoms with van der Waals surface area (Å²) in [5, 5.41) is 14.1. The second-order valence-electron chi connectivity index (χ2n) is 12.2. The maximum absolute atomic E-state index is 14.0. The summed E-state index contributed by atoms with van der Waals surface area (Å²) in [6.45, 7) is 6.94. The molecular formula is C32H38F2N4O5S. The largest absolute Gasteiger partial charge is 0.387 e. The molecule has 9 nitrogen and oxygen atoms in total. The van der Waals surface area contributed by atoms with E-state index in [1.165, 1.54) is 16.4 Å². The lowest BCUT2D eigenvalue weighted by molar-refractivity contribution is -0.124. The van der Waals surface area contributed by atoms with Crippen LogP contribution in [0.2, 0.25) is 0 Å². The zero-order valence-electron chi connectivity index (χ0n) is 25.4. The maximum Gasteiger partial charge on any atom is 0.253 e. The van der Waals surface area contributed by atoms with E-state index in [1.807, 2.05) is 0 Å². The predicted molar refractivity (Wildman–Crippen MR) is 164 cm³/mol. The summed E-state index contributed by atoms with van der Waals surface area (Å²) in [5.41, 5.74) is 1.95. The number of halogens is 2. The lowest BCUT2D eigenvalue weighted by atomic mass is 9.89. The van der Waals surface area contributed by atoms with Crippen LogP contribution in [0.15, 0.2) is 34.7 Å². The van der Waals surface area contributed by atoms with Crippen LogP contribution in [0.1, 0.15) is 69.4 Å². The van der Waals surface area contributed by atoms with Crippen LogP contribution in [0, 0.1) is 33.5 Å². The molecule has 3 aliphatic rings. The van der Waals surface area contributed by atoms with E-state index in [0.29, 0.717) is 33.7 Å². The summed E-state index contributed by atoms with van der Waals surface area (Å²) in [6, 6.07) is 6.36. The van der Waals surface area contributed by atoms with Crippen molar-refractivity contribution < 1.29 is 31.9 Å². The van der Waals surface area contributed by atoms with Gasteiger partial charge in [0, 0.05) is 42.7 Å². The highest BCUT2D eigenvalue weighted by molar-refractivity contribution is 7.92. The Morgan fingerprint density at radius 2 is 1.64 bits per heavy atom. The average Bonchev–Trinajstić information content (AvgIpc) is 3.30. The molecule has 0 aliphatic carbocycles. The molecule has 0 bridgehead atoms. The number of amidine groups is 1. The molecule has 0 atom stereocenters. The zero-order chi connectivity index (χ0) is 32.0. The van der Waals surface area contributed by atoms with Gasteiger partial charge in [-0.1, -0.05) is 0 Å². The molecule has 0 unspecified atom stereocenters. The first-order valence-electron chi connectivity index (χ1n) is 14.7. The second-order valence-corrected chi connectivity index (χ2v) is 14.0. The third-order valence-corrected chi connectivity index (χ3v) is 10.9. The Hall–Kier alpha value is -3.48. The number of piperidine rings is 2. The highest BCUT2D eigenvalue weighted by atomic mass is 32.2. The second kappa shape index (κ2) is 11.8. The van der Waals surface area contributed by atoms with Gasteiger partial charge in [0.15, 0.2) is 0 Å². The molecule has 2 amide bonds. The van der Waals surface area contributed by atoms with Crippen molar-refractivity contribution in [2.24, 2.45) is 4.99 Å². The van der Waals surface area contributed by atoms with Gasteiger partial charge in [-0.2, -0.15) is 4.31 Å². The summed E-state index contributed by atoms with van der Waals surface area (Å²) in [6.07, 6.45) is 2.30. The van der Waals surface area contributed by atoms with Crippen LogP contribution in [-0.2, 0) is 14.8 Å². The third-order valence-electron chi connectivity index (χ3n) is 9.34. The first kappa shape index (κ1) is 31.9. The van der Waals surface area contributed by atoms with Gasteiger partial charge in [-0.25, -0.2) is 17.2 Å². The number of likely N-dealkylation sites (tertiary alicyclic amines) is 1. The van der Waals surface area contributed by atoms with Crippen molar-refractivity contribution in [1.82, 2.24) is 14.5 Å². The molecule has 0 aromatic heterocycles. The quantitative estimate of drug-likeness (QED) is 0.506. The summed E-state index contributed by atoms with van der Waals surface area (Å²) in [7, 11) is -3.82. The summed E-state index contributed by atoms with van der Waals surface area (Å²) >= 11 is 0. The molecule has 44 heavy (non-hydrogen) atoms. The molecule has 0 saturated carbocycles. The van der Waals surface area contributed by atoms with Gasteiger partial charge in [0.05, 0.1) is 5.60 Å². The van der Waals surface area contributed by atoms with E-state index in [4.69, 9.17) is 4.99 Å². The van der Waals surface area contributed by atoms with E-state index in [1.54, 1.807) is 50.8 Å². The van der Waals surface area contributed by atoms with Gasteiger partial charge in [-0.15, -0.1) is 0 Å². The number of sulfonamides is 1. The van der Waals surface area contributed by atoms with Crippen molar-refractivity contribution in [3.8, 4) is 0 Å². The molecule has 1 spiro atoms. The van der Waals surface area contributed by atoms with E-state index < -0.39 is 27.8 Å². The standard InChI is InChI=1S/C32H38F2N4O5S/c1-20-17-24(29(39)37-12-8-31(41,19-33)9-13-37)18-21(2)25(20)7-16-44(42,43)38-14-10-32(11-15-38)30(40)35-28(36-32)26-5-6-27(34)23(4)22(26)3/h5-7,16-18,41H,8-15,19H2,1-4H3,(H,35,36,40)/b16-7+. The Labute approximate surface area is 256 Å². The number of hydrogen-bond acceptors (Lipinski definition) is 6. The number of benzene rings is 2. The zero-order valence-corrected chi connectivity index (χ0v) is 26.2. The van der Waals surface area contributed by atoms with Gasteiger partial charge >= 0.3 is 0 Å². The molecule has 2 saturated heterocycles. The van der Waals surface area contributed by atoms with E-state index in [0.717, 1.165) is 16.5 Å². The van der Waals surface area contributed by atoms with E-state index >= 15 is 0 Å². The molecule has 2 N–H and O–H groups in total.